The van der Waals surface area contributed by atoms with Crippen LogP contribution < -0.4 is 10.6 Å². The van der Waals surface area contributed by atoms with Crippen molar-refractivity contribution in [1.29, 1.82) is 5.41 Å². The molecule has 7 nitrogen and oxygen atoms in total. The van der Waals surface area contributed by atoms with Crippen LogP contribution in [0.5, 0.6) is 0 Å². The van der Waals surface area contributed by atoms with Gasteiger partial charge in [0.1, 0.15) is 0 Å². The maximum atomic E-state index is 12.7. The van der Waals surface area contributed by atoms with Crippen molar-refractivity contribution in [3.8, 4) is 0 Å². The molecule has 0 fully saturated rings. The predicted octanol–water partition coefficient (Wildman–Crippen LogP) is 5.00. The maximum absolute atomic E-state index is 12.7. The lowest BCUT2D eigenvalue weighted by molar-refractivity contribution is -0.136. The van der Waals surface area contributed by atoms with Crippen molar-refractivity contribution in [2.75, 3.05) is 13.1 Å². The highest BCUT2D eigenvalue weighted by atomic mass is 35.5. The van der Waals surface area contributed by atoms with E-state index in [0.29, 0.717) is 26.9 Å². The van der Waals surface area contributed by atoms with Crippen LogP contribution in [-0.2, 0) is 4.79 Å². The average Bonchev–Trinajstić information content (AvgIpc) is 2.85. The third kappa shape index (κ3) is 7.95. The Morgan fingerprint density at radius 1 is 0.886 bits per heavy atom. The van der Waals surface area contributed by atoms with Crippen LogP contribution in [0.1, 0.15) is 33.8 Å². The van der Waals surface area contributed by atoms with E-state index in [4.69, 9.17) is 33.7 Å². The highest BCUT2D eigenvalue weighted by molar-refractivity contribution is 6.31. The smallest absolute Gasteiger partial charge is 0.305 e. The number of rotatable bonds is 9. The van der Waals surface area contributed by atoms with Gasteiger partial charge >= 0.3 is 5.97 Å². The van der Waals surface area contributed by atoms with Gasteiger partial charge in [0.2, 0.25) is 0 Å². The number of nitrogens with zero attached hydrogens (tertiary/aromatic N) is 1. The standard InChI is InChI=1S/C26H24Cl2N4O3/c27-20-10-6-18(7-11-20)24(29)22(17-4-2-1-3-5-17)16-31-26(30-15-14-23(33)34)32-25(35)19-8-12-21(28)13-9-19/h1-13,22,29H,14-16H2,(H,33,34)(H2,30,31,32,35). The Morgan fingerprint density at radius 3 is 2.03 bits per heavy atom. The summed E-state index contributed by atoms with van der Waals surface area (Å²) in [5.41, 5.74) is 2.29. The molecule has 0 saturated heterocycles. The summed E-state index contributed by atoms with van der Waals surface area (Å²) in [5, 5.41) is 24.5. The molecule has 3 aromatic rings. The number of halogens is 2. The van der Waals surface area contributed by atoms with Crippen LogP contribution in [0.2, 0.25) is 10.0 Å². The molecule has 3 rings (SSSR count). The molecule has 0 aliphatic heterocycles. The monoisotopic (exact) mass is 510 g/mol. The van der Waals surface area contributed by atoms with Gasteiger partial charge in [-0.2, -0.15) is 0 Å². The van der Waals surface area contributed by atoms with Gasteiger partial charge in [0, 0.05) is 33.8 Å². The highest BCUT2D eigenvalue weighted by Crippen LogP contribution is 2.22. The topological polar surface area (TPSA) is 115 Å². The largest absolute Gasteiger partial charge is 0.481 e. The zero-order valence-electron chi connectivity index (χ0n) is 18.7. The zero-order chi connectivity index (χ0) is 25.2. The lowest BCUT2D eigenvalue weighted by Crippen LogP contribution is -2.42. The van der Waals surface area contributed by atoms with Crippen molar-refractivity contribution in [3.05, 3.63) is 106 Å². The zero-order valence-corrected chi connectivity index (χ0v) is 20.2. The second-order valence-electron chi connectivity index (χ2n) is 7.60. The first-order valence-electron chi connectivity index (χ1n) is 10.8. The quantitative estimate of drug-likeness (QED) is 0.239. The van der Waals surface area contributed by atoms with Crippen LogP contribution in [0.4, 0.5) is 0 Å². The van der Waals surface area contributed by atoms with E-state index < -0.39 is 17.8 Å². The average molecular weight is 511 g/mol. The van der Waals surface area contributed by atoms with Crippen LogP contribution in [0.3, 0.4) is 0 Å². The van der Waals surface area contributed by atoms with Crippen molar-refractivity contribution < 1.29 is 14.7 Å². The molecule has 1 atom stereocenters. The number of hydrogen-bond donors (Lipinski definition) is 4. The van der Waals surface area contributed by atoms with Crippen molar-refractivity contribution in [1.82, 2.24) is 10.6 Å². The molecule has 1 unspecified atom stereocenters. The molecule has 0 aliphatic rings. The molecule has 35 heavy (non-hydrogen) atoms. The van der Waals surface area contributed by atoms with Crippen molar-refractivity contribution in [3.63, 3.8) is 0 Å². The Kier molecular flexibility index (Phi) is 9.40. The van der Waals surface area contributed by atoms with Gasteiger partial charge in [-0.05, 0) is 47.5 Å². The molecular weight excluding hydrogens is 487 g/mol. The number of amides is 1. The van der Waals surface area contributed by atoms with E-state index >= 15 is 0 Å². The molecule has 9 heteroatoms. The van der Waals surface area contributed by atoms with Gasteiger partial charge in [-0.15, -0.1) is 0 Å². The lowest BCUT2D eigenvalue weighted by atomic mass is 9.90. The molecule has 1 amide bonds. The first kappa shape index (κ1) is 25.9. The molecule has 0 saturated carbocycles. The van der Waals surface area contributed by atoms with Gasteiger partial charge in [-0.3, -0.25) is 19.9 Å². The molecule has 0 radical (unpaired) electrons. The number of aliphatic carboxylic acids is 1. The van der Waals surface area contributed by atoms with E-state index in [1.165, 1.54) is 0 Å². The molecule has 0 aromatic heterocycles. The first-order chi connectivity index (χ1) is 16.8. The van der Waals surface area contributed by atoms with Gasteiger partial charge in [-0.25, -0.2) is 0 Å². The number of carbonyl (C=O) groups is 2. The Hall–Kier alpha value is -3.68. The highest BCUT2D eigenvalue weighted by Gasteiger charge is 2.19. The fourth-order valence-corrected chi connectivity index (χ4v) is 3.52. The third-order valence-corrected chi connectivity index (χ3v) is 5.61. The Bertz CT molecular complexity index is 1200. The van der Waals surface area contributed by atoms with Crippen molar-refractivity contribution in [2.45, 2.75) is 12.3 Å². The molecule has 0 spiro atoms. The van der Waals surface area contributed by atoms with Crippen LogP contribution in [0.15, 0.2) is 83.9 Å². The van der Waals surface area contributed by atoms with E-state index in [2.05, 4.69) is 15.6 Å². The summed E-state index contributed by atoms with van der Waals surface area (Å²) in [6.45, 7) is 0.210. The van der Waals surface area contributed by atoms with E-state index in [0.717, 1.165) is 5.56 Å². The van der Waals surface area contributed by atoms with Crippen LogP contribution in [-0.4, -0.2) is 41.7 Å². The maximum Gasteiger partial charge on any atom is 0.305 e. The van der Waals surface area contributed by atoms with E-state index in [1.807, 2.05) is 30.3 Å². The Morgan fingerprint density at radius 2 is 1.46 bits per heavy atom. The van der Waals surface area contributed by atoms with Crippen LogP contribution >= 0.6 is 23.2 Å². The first-order valence-corrected chi connectivity index (χ1v) is 11.6. The number of carboxylic acids is 1. The number of nitrogens with one attached hydrogen (secondary N) is 3. The third-order valence-electron chi connectivity index (χ3n) is 5.11. The summed E-state index contributed by atoms with van der Waals surface area (Å²) in [6.07, 6.45) is -0.154. The molecule has 3 aromatic carbocycles. The summed E-state index contributed by atoms with van der Waals surface area (Å²) in [4.78, 5) is 28.2. The lowest BCUT2D eigenvalue weighted by Gasteiger charge is -2.19. The summed E-state index contributed by atoms with van der Waals surface area (Å²) >= 11 is 11.9. The van der Waals surface area contributed by atoms with Crippen LogP contribution in [0.25, 0.3) is 0 Å². The predicted molar refractivity (Wildman–Crippen MR) is 139 cm³/mol. The van der Waals surface area contributed by atoms with Gasteiger partial charge in [0.15, 0.2) is 5.96 Å². The molecule has 0 bridgehead atoms. The van der Waals surface area contributed by atoms with Gasteiger partial charge in [0.05, 0.1) is 13.0 Å². The number of guanidine groups is 1. The number of hydrogen-bond acceptors (Lipinski definition) is 4. The number of aliphatic imine (C=N–C) groups is 1. The second-order valence-corrected chi connectivity index (χ2v) is 8.48. The normalized spacial score (nSPS) is 12.0. The minimum Gasteiger partial charge on any atom is -0.481 e. The summed E-state index contributed by atoms with van der Waals surface area (Å²) in [5.74, 6) is -1.70. The molecule has 0 heterocycles. The number of carboxylic acid groups (broad SMARTS) is 1. The van der Waals surface area contributed by atoms with Gasteiger partial charge in [0.25, 0.3) is 5.91 Å². The summed E-state index contributed by atoms with van der Waals surface area (Å²) in [6, 6.07) is 22.8. The van der Waals surface area contributed by atoms with Gasteiger partial charge < -0.3 is 15.8 Å². The Labute approximate surface area is 213 Å². The minimum atomic E-state index is -0.979. The van der Waals surface area contributed by atoms with E-state index in [9.17, 15) is 9.59 Å². The van der Waals surface area contributed by atoms with E-state index in [1.54, 1.807) is 48.5 Å². The molecule has 0 aliphatic carbocycles. The van der Waals surface area contributed by atoms with Crippen LogP contribution in [0, 0.1) is 5.41 Å². The minimum absolute atomic E-state index is 0.0691. The fourth-order valence-electron chi connectivity index (χ4n) is 3.27. The van der Waals surface area contributed by atoms with Crippen molar-refractivity contribution in [2.24, 2.45) is 4.99 Å². The molecule has 4 N–H and O–H groups in total. The SMILES string of the molecule is N=C(c1ccc(Cl)cc1)C(CN=C(NCCC(=O)O)NC(=O)c1ccc(Cl)cc1)c1ccccc1. The van der Waals surface area contributed by atoms with Crippen molar-refractivity contribution >= 4 is 46.7 Å². The molecule has 180 valence electrons. The molecular formula is C26H24Cl2N4O3. The fraction of sp³-hybridized carbons (Fsp3) is 0.154. The number of benzene rings is 3. The van der Waals surface area contributed by atoms with E-state index in [-0.39, 0.29) is 25.5 Å². The summed E-state index contributed by atoms with van der Waals surface area (Å²) < 4.78 is 0. The number of carbonyl (C=O) groups excluding carboxylic acids is 1. The Balaban J connectivity index is 1.86. The van der Waals surface area contributed by atoms with Gasteiger partial charge in [-0.1, -0.05) is 65.7 Å². The second kappa shape index (κ2) is 12.7. The summed E-state index contributed by atoms with van der Waals surface area (Å²) in [7, 11) is 0.